The van der Waals surface area contributed by atoms with Crippen LogP contribution in [0, 0.1) is 0 Å². The van der Waals surface area contributed by atoms with E-state index in [1.807, 2.05) is 54.6 Å². The predicted octanol–water partition coefficient (Wildman–Crippen LogP) is 4.22. The molecule has 2 rings (SSSR count). The van der Waals surface area contributed by atoms with Gasteiger partial charge in [0.05, 0.1) is 11.5 Å². The van der Waals surface area contributed by atoms with E-state index in [9.17, 15) is 4.79 Å². The van der Waals surface area contributed by atoms with Gasteiger partial charge >= 0.3 is 0 Å². The zero-order valence-electron chi connectivity index (χ0n) is 11.5. The van der Waals surface area contributed by atoms with Crippen molar-refractivity contribution in [1.29, 1.82) is 0 Å². The summed E-state index contributed by atoms with van der Waals surface area (Å²) >= 11 is 1.55. The normalized spacial score (nSPS) is 11.1. The molecule has 0 unspecified atom stereocenters. The van der Waals surface area contributed by atoms with Gasteiger partial charge in [-0.15, -0.1) is 11.3 Å². The SMILES string of the molecule is CCc1ccc(C(=O)COCC=Cc2ccccc2)s1. The lowest BCUT2D eigenvalue weighted by Gasteiger charge is -1.98. The molecule has 0 spiro atoms. The quantitative estimate of drug-likeness (QED) is 0.562. The van der Waals surface area contributed by atoms with E-state index in [-0.39, 0.29) is 12.4 Å². The topological polar surface area (TPSA) is 26.3 Å². The van der Waals surface area contributed by atoms with Gasteiger partial charge in [0.1, 0.15) is 6.61 Å². The van der Waals surface area contributed by atoms with Crippen molar-refractivity contribution < 1.29 is 9.53 Å². The minimum absolute atomic E-state index is 0.0582. The number of hydrogen-bond acceptors (Lipinski definition) is 3. The number of rotatable bonds is 7. The fourth-order valence-electron chi connectivity index (χ4n) is 1.76. The third kappa shape index (κ3) is 4.44. The molecule has 20 heavy (non-hydrogen) atoms. The molecule has 2 aromatic rings. The van der Waals surface area contributed by atoms with Crippen LogP contribution in [0.1, 0.15) is 27.0 Å². The van der Waals surface area contributed by atoms with Gasteiger partial charge in [0.25, 0.3) is 0 Å². The van der Waals surface area contributed by atoms with E-state index >= 15 is 0 Å². The Bertz CT molecular complexity index is 570. The summed E-state index contributed by atoms with van der Waals surface area (Å²) in [5.41, 5.74) is 1.13. The lowest BCUT2D eigenvalue weighted by atomic mass is 10.2. The maximum absolute atomic E-state index is 11.9. The fourth-order valence-corrected chi connectivity index (χ4v) is 2.63. The van der Waals surface area contributed by atoms with Gasteiger partial charge in [0.2, 0.25) is 0 Å². The first-order chi connectivity index (χ1) is 9.79. The van der Waals surface area contributed by atoms with Crippen molar-refractivity contribution in [2.45, 2.75) is 13.3 Å². The zero-order valence-corrected chi connectivity index (χ0v) is 12.4. The maximum atomic E-state index is 11.9. The minimum Gasteiger partial charge on any atom is -0.369 e. The Morgan fingerprint density at radius 1 is 1.20 bits per heavy atom. The molecule has 0 atom stereocenters. The predicted molar refractivity (Wildman–Crippen MR) is 84.3 cm³/mol. The number of carbonyl (C=O) groups excluding carboxylic acids is 1. The van der Waals surface area contributed by atoms with Crippen LogP contribution in [0.15, 0.2) is 48.5 Å². The highest BCUT2D eigenvalue weighted by molar-refractivity contribution is 7.14. The van der Waals surface area contributed by atoms with Crippen molar-refractivity contribution in [3.8, 4) is 0 Å². The van der Waals surface area contributed by atoms with E-state index in [1.165, 1.54) is 4.88 Å². The average Bonchev–Trinajstić information content (AvgIpc) is 2.97. The van der Waals surface area contributed by atoms with Crippen molar-refractivity contribution in [2.75, 3.05) is 13.2 Å². The summed E-state index contributed by atoms with van der Waals surface area (Å²) in [6.07, 6.45) is 4.89. The van der Waals surface area contributed by atoms with Gasteiger partial charge in [-0.2, -0.15) is 0 Å². The van der Waals surface area contributed by atoms with Gasteiger partial charge in [-0.25, -0.2) is 0 Å². The Labute approximate surface area is 123 Å². The number of Topliss-reactive ketones (excluding diaryl/α,β-unsaturated/α-hetero) is 1. The van der Waals surface area contributed by atoms with Crippen LogP contribution in [0.3, 0.4) is 0 Å². The van der Waals surface area contributed by atoms with E-state index in [0.717, 1.165) is 16.9 Å². The molecule has 1 aromatic carbocycles. The number of aryl methyl sites for hydroxylation is 1. The Hall–Kier alpha value is -1.71. The van der Waals surface area contributed by atoms with Gasteiger partial charge < -0.3 is 4.74 Å². The molecule has 0 aliphatic heterocycles. The van der Waals surface area contributed by atoms with Gasteiger partial charge in [-0.3, -0.25) is 4.79 Å². The van der Waals surface area contributed by atoms with Crippen LogP contribution in [-0.4, -0.2) is 19.0 Å². The van der Waals surface area contributed by atoms with Crippen molar-refractivity contribution in [2.24, 2.45) is 0 Å². The highest BCUT2D eigenvalue weighted by Gasteiger charge is 2.08. The van der Waals surface area contributed by atoms with E-state index < -0.39 is 0 Å². The second kappa shape index (κ2) is 7.78. The van der Waals surface area contributed by atoms with E-state index in [0.29, 0.717) is 6.61 Å². The molecule has 0 amide bonds. The molecule has 1 heterocycles. The number of carbonyl (C=O) groups is 1. The highest BCUT2D eigenvalue weighted by atomic mass is 32.1. The largest absolute Gasteiger partial charge is 0.369 e. The smallest absolute Gasteiger partial charge is 0.198 e. The highest BCUT2D eigenvalue weighted by Crippen LogP contribution is 2.17. The molecule has 0 fully saturated rings. The molecule has 0 N–H and O–H groups in total. The summed E-state index contributed by atoms with van der Waals surface area (Å²) in [5.74, 6) is 0.0582. The first-order valence-corrected chi connectivity index (χ1v) is 7.52. The first-order valence-electron chi connectivity index (χ1n) is 6.71. The number of benzene rings is 1. The summed E-state index contributed by atoms with van der Waals surface area (Å²) in [6, 6.07) is 13.9. The third-order valence-electron chi connectivity index (χ3n) is 2.84. The van der Waals surface area contributed by atoms with Crippen LogP contribution in [0.25, 0.3) is 6.08 Å². The Kier molecular flexibility index (Phi) is 5.71. The molecule has 0 aliphatic carbocycles. The van der Waals surface area contributed by atoms with E-state index in [4.69, 9.17) is 4.74 Å². The van der Waals surface area contributed by atoms with Crippen molar-refractivity contribution >= 4 is 23.2 Å². The summed E-state index contributed by atoms with van der Waals surface area (Å²) in [6.45, 7) is 2.68. The minimum atomic E-state index is 0.0582. The lowest BCUT2D eigenvalue weighted by Crippen LogP contribution is -2.07. The Morgan fingerprint density at radius 3 is 2.70 bits per heavy atom. The molecular formula is C17H18O2S. The van der Waals surface area contributed by atoms with Crippen LogP contribution >= 0.6 is 11.3 Å². The van der Waals surface area contributed by atoms with Crippen LogP contribution < -0.4 is 0 Å². The monoisotopic (exact) mass is 286 g/mol. The van der Waals surface area contributed by atoms with Crippen molar-refractivity contribution in [3.63, 3.8) is 0 Å². The van der Waals surface area contributed by atoms with Crippen LogP contribution in [0.5, 0.6) is 0 Å². The second-order valence-electron chi connectivity index (χ2n) is 4.37. The zero-order chi connectivity index (χ0) is 14.2. The number of ketones is 1. The molecule has 104 valence electrons. The first kappa shape index (κ1) is 14.7. The number of hydrogen-bond donors (Lipinski definition) is 0. The summed E-state index contributed by atoms with van der Waals surface area (Å²) in [7, 11) is 0. The Balaban J connectivity index is 1.73. The summed E-state index contributed by atoms with van der Waals surface area (Å²) in [4.78, 5) is 13.9. The Morgan fingerprint density at radius 2 is 2.00 bits per heavy atom. The summed E-state index contributed by atoms with van der Waals surface area (Å²) < 4.78 is 5.38. The fraction of sp³-hybridized carbons (Fsp3) is 0.235. The lowest BCUT2D eigenvalue weighted by molar-refractivity contribution is 0.0811. The molecule has 0 saturated carbocycles. The number of ether oxygens (including phenoxy) is 1. The molecule has 0 saturated heterocycles. The number of thiophene rings is 1. The molecule has 1 aromatic heterocycles. The summed E-state index contributed by atoms with van der Waals surface area (Å²) in [5, 5.41) is 0. The van der Waals surface area contributed by atoms with Gasteiger partial charge in [-0.05, 0) is 24.1 Å². The van der Waals surface area contributed by atoms with Gasteiger partial charge in [0, 0.05) is 4.88 Å². The molecule has 2 nitrogen and oxygen atoms in total. The standard InChI is InChI=1S/C17H18O2S/c1-2-15-10-11-17(20-15)16(18)13-19-12-6-9-14-7-4-3-5-8-14/h3-11H,2,12-13H2,1H3. The van der Waals surface area contributed by atoms with Crippen LogP contribution in [-0.2, 0) is 11.2 Å². The van der Waals surface area contributed by atoms with Crippen LogP contribution in [0.4, 0.5) is 0 Å². The van der Waals surface area contributed by atoms with Crippen LogP contribution in [0.2, 0.25) is 0 Å². The molecule has 0 radical (unpaired) electrons. The average molecular weight is 286 g/mol. The van der Waals surface area contributed by atoms with Crippen molar-refractivity contribution in [1.82, 2.24) is 0 Å². The van der Waals surface area contributed by atoms with Crippen molar-refractivity contribution in [3.05, 3.63) is 63.9 Å². The third-order valence-corrected chi connectivity index (χ3v) is 4.11. The van der Waals surface area contributed by atoms with Gasteiger partial charge in [-0.1, -0.05) is 49.4 Å². The van der Waals surface area contributed by atoms with E-state index in [2.05, 4.69) is 6.92 Å². The maximum Gasteiger partial charge on any atom is 0.198 e. The molecular weight excluding hydrogens is 268 g/mol. The van der Waals surface area contributed by atoms with Gasteiger partial charge in [0.15, 0.2) is 5.78 Å². The van der Waals surface area contributed by atoms with E-state index in [1.54, 1.807) is 11.3 Å². The molecule has 3 heteroatoms. The molecule has 0 bridgehead atoms. The second-order valence-corrected chi connectivity index (χ2v) is 5.54. The molecule has 0 aliphatic rings.